The average molecular weight is 287 g/mol. The molecular weight excluding hydrogens is 270 g/mol. The molecule has 1 aliphatic rings. The van der Waals surface area contributed by atoms with Gasteiger partial charge in [0.1, 0.15) is 0 Å². The van der Waals surface area contributed by atoms with Crippen molar-refractivity contribution in [2.75, 3.05) is 11.5 Å². The predicted octanol–water partition coefficient (Wildman–Crippen LogP) is 3.80. The first-order valence-corrected chi connectivity index (χ1v) is 7.04. The molecule has 0 aliphatic heterocycles. The minimum absolute atomic E-state index is 0.498. The Labute approximate surface area is 129 Å². The summed E-state index contributed by atoms with van der Waals surface area (Å²) in [5.74, 6) is 0. The maximum atomic E-state index is 7.66. The molecule has 0 saturated heterocycles. The van der Waals surface area contributed by atoms with Crippen molar-refractivity contribution in [1.82, 2.24) is 0 Å². The second kappa shape index (κ2) is 5.74. The van der Waals surface area contributed by atoms with Gasteiger partial charge in [-0.3, -0.25) is 0 Å². The van der Waals surface area contributed by atoms with E-state index in [0.29, 0.717) is 5.71 Å². The van der Waals surface area contributed by atoms with E-state index >= 15 is 0 Å². The van der Waals surface area contributed by atoms with E-state index in [1.54, 1.807) is 12.2 Å². The zero-order chi connectivity index (χ0) is 15.5. The van der Waals surface area contributed by atoms with Crippen LogP contribution in [0.5, 0.6) is 0 Å². The second-order valence-electron chi connectivity index (χ2n) is 5.20. The number of nitrogens with two attached hydrogens (primary N) is 2. The predicted molar refractivity (Wildman–Crippen MR) is 93.7 cm³/mol. The Balaban J connectivity index is 2.18. The van der Waals surface area contributed by atoms with Gasteiger partial charge in [-0.1, -0.05) is 36.4 Å². The molecule has 0 heterocycles. The number of hydrogen-bond donors (Lipinski definition) is 3. The second-order valence-corrected chi connectivity index (χ2v) is 5.20. The number of anilines is 2. The van der Waals surface area contributed by atoms with Crippen LogP contribution in [0.3, 0.4) is 0 Å². The minimum atomic E-state index is 0.498. The highest BCUT2D eigenvalue weighted by Gasteiger charge is 2.10. The van der Waals surface area contributed by atoms with Crippen LogP contribution in [0, 0.1) is 5.41 Å². The number of nitrogens with one attached hydrogen (secondary N) is 1. The van der Waals surface area contributed by atoms with Crippen LogP contribution in [0.25, 0.3) is 5.57 Å². The van der Waals surface area contributed by atoms with E-state index in [1.807, 2.05) is 60.7 Å². The summed E-state index contributed by atoms with van der Waals surface area (Å²) in [7, 11) is 0. The summed E-state index contributed by atoms with van der Waals surface area (Å²) in [4.78, 5) is 0. The molecule has 0 atom stereocenters. The van der Waals surface area contributed by atoms with E-state index in [0.717, 1.165) is 33.6 Å². The summed E-state index contributed by atoms with van der Waals surface area (Å²) in [6, 6.07) is 15.6. The monoisotopic (exact) mass is 287 g/mol. The van der Waals surface area contributed by atoms with Gasteiger partial charge < -0.3 is 16.9 Å². The molecule has 2 aromatic carbocycles. The molecule has 3 nitrogen and oxygen atoms in total. The van der Waals surface area contributed by atoms with Crippen molar-refractivity contribution in [3.63, 3.8) is 0 Å². The Hall–Kier alpha value is -3.07. The van der Waals surface area contributed by atoms with E-state index in [1.165, 1.54) is 0 Å². The molecular formula is C19H17N3. The zero-order valence-corrected chi connectivity index (χ0v) is 12.1. The van der Waals surface area contributed by atoms with Gasteiger partial charge >= 0.3 is 0 Å². The minimum Gasteiger partial charge on any atom is -0.399 e. The van der Waals surface area contributed by atoms with Crippen molar-refractivity contribution in [1.29, 1.82) is 5.41 Å². The van der Waals surface area contributed by atoms with Gasteiger partial charge in [-0.2, -0.15) is 0 Å². The van der Waals surface area contributed by atoms with Gasteiger partial charge in [-0.25, -0.2) is 0 Å². The summed E-state index contributed by atoms with van der Waals surface area (Å²) >= 11 is 0. The SMILES string of the molecule is N=C1C=CC(=C(c2ccc(N)cc2)c2ccc(N)cc2)C=C1. The quantitative estimate of drug-likeness (QED) is 0.735. The van der Waals surface area contributed by atoms with E-state index < -0.39 is 0 Å². The summed E-state index contributed by atoms with van der Waals surface area (Å²) in [5, 5.41) is 7.66. The Morgan fingerprint density at radius 1 is 0.636 bits per heavy atom. The van der Waals surface area contributed by atoms with Crippen molar-refractivity contribution in [3.8, 4) is 0 Å². The zero-order valence-electron chi connectivity index (χ0n) is 12.1. The normalized spacial score (nSPS) is 13.5. The van der Waals surface area contributed by atoms with Crippen molar-refractivity contribution in [2.24, 2.45) is 0 Å². The first-order chi connectivity index (χ1) is 10.6. The van der Waals surface area contributed by atoms with Crippen LogP contribution in [-0.2, 0) is 0 Å². The standard InChI is InChI=1S/C19H17N3/c20-16-7-1-13(2-8-16)19(14-3-9-17(21)10-4-14)15-5-11-18(22)12-6-15/h1-12,20H,21-22H2. The molecule has 108 valence electrons. The first-order valence-electron chi connectivity index (χ1n) is 7.04. The van der Waals surface area contributed by atoms with Crippen molar-refractivity contribution in [3.05, 3.63) is 89.5 Å². The molecule has 0 aromatic heterocycles. The lowest BCUT2D eigenvalue weighted by atomic mass is 9.90. The van der Waals surface area contributed by atoms with Crippen molar-refractivity contribution < 1.29 is 0 Å². The maximum absolute atomic E-state index is 7.66. The molecule has 2 aromatic rings. The number of hydrogen-bond acceptors (Lipinski definition) is 3. The van der Waals surface area contributed by atoms with Crippen LogP contribution in [0.15, 0.2) is 78.4 Å². The van der Waals surface area contributed by atoms with Gasteiger partial charge in [0, 0.05) is 11.4 Å². The van der Waals surface area contributed by atoms with Gasteiger partial charge in [0.15, 0.2) is 0 Å². The number of nitrogen functional groups attached to an aromatic ring is 2. The van der Waals surface area contributed by atoms with Crippen LogP contribution >= 0.6 is 0 Å². The highest BCUT2D eigenvalue weighted by Crippen LogP contribution is 2.30. The number of allylic oxidation sites excluding steroid dienone is 5. The summed E-state index contributed by atoms with van der Waals surface area (Å²) in [5.41, 5.74) is 17.9. The highest BCUT2D eigenvalue weighted by atomic mass is 14.5. The summed E-state index contributed by atoms with van der Waals surface area (Å²) < 4.78 is 0. The third kappa shape index (κ3) is 2.83. The Morgan fingerprint density at radius 3 is 1.45 bits per heavy atom. The number of rotatable bonds is 2. The molecule has 0 radical (unpaired) electrons. The first kappa shape index (κ1) is 13.9. The van der Waals surface area contributed by atoms with E-state index in [-0.39, 0.29) is 0 Å². The van der Waals surface area contributed by atoms with E-state index in [9.17, 15) is 0 Å². The summed E-state index contributed by atoms with van der Waals surface area (Å²) in [6.07, 6.45) is 7.52. The van der Waals surface area contributed by atoms with E-state index in [2.05, 4.69) is 0 Å². The van der Waals surface area contributed by atoms with Gasteiger partial charge in [0.25, 0.3) is 0 Å². The van der Waals surface area contributed by atoms with Gasteiger partial charge in [0.2, 0.25) is 0 Å². The fourth-order valence-corrected chi connectivity index (χ4v) is 2.44. The lowest BCUT2D eigenvalue weighted by Gasteiger charge is -2.14. The molecule has 0 bridgehead atoms. The fourth-order valence-electron chi connectivity index (χ4n) is 2.44. The Kier molecular flexibility index (Phi) is 3.62. The maximum Gasteiger partial charge on any atom is 0.0540 e. The topological polar surface area (TPSA) is 75.9 Å². The average Bonchev–Trinajstić information content (AvgIpc) is 2.53. The van der Waals surface area contributed by atoms with E-state index in [4.69, 9.17) is 16.9 Å². The molecule has 3 rings (SSSR count). The fraction of sp³-hybridized carbons (Fsp3) is 0. The van der Waals surface area contributed by atoms with Crippen molar-refractivity contribution in [2.45, 2.75) is 0 Å². The lowest BCUT2D eigenvalue weighted by Crippen LogP contribution is -1.97. The van der Waals surface area contributed by atoms with Gasteiger partial charge in [0.05, 0.1) is 5.71 Å². The van der Waals surface area contributed by atoms with Crippen LogP contribution in [0.4, 0.5) is 11.4 Å². The number of benzene rings is 2. The van der Waals surface area contributed by atoms with Crippen LogP contribution in [0.2, 0.25) is 0 Å². The third-order valence-electron chi connectivity index (χ3n) is 3.57. The molecule has 0 fully saturated rings. The highest BCUT2D eigenvalue weighted by molar-refractivity contribution is 6.05. The molecule has 0 spiro atoms. The molecule has 1 aliphatic carbocycles. The molecule has 0 saturated carbocycles. The van der Waals surface area contributed by atoms with Crippen molar-refractivity contribution >= 4 is 22.7 Å². The lowest BCUT2D eigenvalue weighted by molar-refractivity contribution is 1.49. The molecule has 22 heavy (non-hydrogen) atoms. The smallest absolute Gasteiger partial charge is 0.0540 e. The third-order valence-corrected chi connectivity index (χ3v) is 3.57. The molecule has 0 amide bonds. The molecule has 3 heteroatoms. The Morgan fingerprint density at radius 2 is 1.05 bits per heavy atom. The molecule has 0 unspecified atom stereocenters. The largest absolute Gasteiger partial charge is 0.399 e. The van der Waals surface area contributed by atoms with Crippen LogP contribution in [-0.4, -0.2) is 5.71 Å². The van der Waals surface area contributed by atoms with Gasteiger partial charge in [-0.15, -0.1) is 0 Å². The van der Waals surface area contributed by atoms with Gasteiger partial charge in [-0.05, 0) is 58.7 Å². The molecule has 5 N–H and O–H groups in total. The summed E-state index contributed by atoms with van der Waals surface area (Å²) in [6.45, 7) is 0. The van der Waals surface area contributed by atoms with Crippen LogP contribution in [0.1, 0.15) is 11.1 Å². The van der Waals surface area contributed by atoms with Crippen LogP contribution < -0.4 is 11.5 Å². The Bertz CT molecular complexity index is 726.